The van der Waals surface area contributed by atoms with E-state index in [1.165, 1.54) is 0 Å². The molecule has 0 aromatic heterocycles. The predicted octanol–water partition coefficient (Wildman–Crippen LogP) is 1.99. The molecule has 1 saturated carbocycles. The molecule has 1 aliphatic rings. The molecule has 1 aliphatic carbocycles. The molecular formula is C6H10Cl2O3S. The van der Waals surface area contributed by atoms with Crippen LogP contribution in [0.1, 0.15) is 25.7 Å². The normalized spacial score (nSPS) is 38.1. The third-order valence-electron chi connectivity index (χ3n) is 2.06. The van der Waals surface area contributed by atoms with E-state index in [4.69, 9.17) is 27.8 Å². The monoisotopic (exact) mass is 232 g/mol. The molecule has 0 spiro atoms. The summed E-state index contributed by atoms with van der Waals surface area (Å²) in [6.45, 7) is 0. The van der Waals surface area contributed by atoms with Gasteiger partial charge in [0, 0.05) is 5.38 Å². The van der Waals surface area contributed by atoms with E-state index >= 15 is 0 Å². The van der Waals surface area contributed by atoms with Crippen LogP contribution in [-0.2, 0) is 10.1 Å². The van der Waals surface area contributed by atoms with Crippen LogP contribution >= 0.6 is 23.2 Å². The summed E-state index contributed by atoms with van der Waals surface area (Å²) in [7, 11) is -4.18. The molecule has 0 heterocycles. The molecule has 72 valence electrons. The van der Waals surface area contributed by atoms with Gasteiger partial charge in [0.1, 0.15) is 0 Å². The molecule has 12 heavy (non-hydrogen) atoms. The first-order valence-electron chi connectivity index (χ1n) is 3.65. The van der Waals surface area contributed by atoms with E-state index in [0.717, 1.165) is 6.42 Å². The summed E-state index contributed by atoms with van der Waals surface area (Å²) in [5.74, 6) is 0. The summed E-state index contributed by atoms with van der Waals surface area (Å²) in [5, 5.41) is -0.252. The van der Waals surface area contributed by atoms with Crippen LogP contribution in [0.25, 0.3) is 0 Å². The molecule has 1 fully saturated rings. The highest BCUT2D eigenvalue weighted by Gasteiger charge is 2.44. The molecule has 1 N–H and O–H groups in total. The van der Waals surface area contributed by atoms with Crippen molar-refractivity contribution in [3.63, 3.8) is 0 Å². The minimum Gasteiger partial charge on any atom is -0.284 e. The zero-order valence-electron chi connectivity index (χ0n) is 6.33. The fraction of sp³-hybridized carbons (Fsp3) is 1.00. The topological polar surface area (TPSA) is 54.4 Å². The first-order chi connectivity index (χ1) is 5.35. The number of alkyl halides is 2. The van der Waals surface area contributed by atoms with Crippen molar-refractivity contribution < 1.29 is 13.0 Å². The Balaban J connectivity index is 2.84. The second kappa shape index (κ2) is 3.33. The van der Waals surface area contributed by atoms with E-state index in [0.29, 0.717) is 6.42 Å². The quantitative estimate of drug-likeness (QED) is 0.556. The van der Waals surface area contributed by atoms with Gasteiger partial charge in [-0.2, -0.15) is 8.42 Å². The Kier molecular flexibility index (Phi) is 2.93. The minimum absolute atomic E-state index is 0.120. The third-order valence-corrected chi connectivity index (χ3v) is 4.65. The highest BCUT2D eigenvalue weighted by molar-refractivity contribution is 7.88. The average molecular weight is 233 g/mol. The van der Waals surface area contributed by atoms with E-state index in [1.807, 2.05) is 0 Å². The maximum absolute atomic E-state index is 10.8. The van der Waals surface area contributed by atoms with Crippen molar-refractivity contribution in [2.75, 3.05) is 0 Å². The van der Waals surface area contributed by atoms with Gasteiger partial charge in [0.05, 0.1) is 0 Å². The molecule has 0 saturated heterocycles. The van der Waals surface area contributed by atoms with E-state index < -0.39 is 14.3 Å². The Morgan fingerprint density at radius 2 is 2.08 bits per heavy atom. The van der Waals surface area contributed by atoms with Crippen LogP contribution in [0.3, 0.4) is 0 Å². The van der Waals surface area contributed by atoms with E-state index in [-0.39, 0.29) is 18.2 Å². The van der Waals surface area contributed by atoms with Crippen LogP contribution < -0.4 is 0 Å². The first-order valence-corrected chi connectivity index (χ1v) is 5.91. The molecule has 6 heteroatoms. The van der Waals surface area contributed by atoms with Crippen molar-refractivity contribution in [2.45, 2.75) is 35.3 Å². The van der Waals surface area contributed by atoms with Crippen LogP contribution in [0.2, 0.25) is 0 Å². The predicted molar refractivity (Wildman–Crippen MR) is 48.2 cm³/mol. The molecular weight excluding hydrogens is 223 g/mol. The van der Waals surface area contributed by atoms with Gasteiger partial charge in [-0.25, -0.2) is 0 Å². The lowest BCUT2D eigenvalue weighted by Gasteiger charge is -2.30. The average Bonchev–Trinajstić information content (AvgIpc) is 1.83. The smallest absolute Gasteiger partial charge is 0.284 e. The molecule has 0 radical (unpaired) electrons. The Hall–Kier alpha value is 0.490. The summed E-state index contributed by atoms with van der Waals surface area (Å²) in [6.07, 6.45) is 1.79. The van der Waals surface area contributed by atoms with Gasteiger partial charge in [0.25, 0.3) is 10.1 Å². The largest absolute Gasteiger partial charge is 0.284 e. The summed E-state index contributed by atoms with van der Waals surface area (Å²) < 4.78 is 28.9. The zero-order chi connectivity index (χ0) is 9.41. The zero-order valence-corrected chi connectivity index (χ0v) is 8.66. The summed E-state index contributed by atoms with van der Waals surface area (Å²) in [4.78, 5) is 0. The van der Waals surface area contributed by atoms with Gasteiger partial charge < -0.3 is 0 Å². The number of hydrogen-bond donors (Lipinski definition) is 1. The van der Waals surface area contributed by atoms with Crippen LogP contribution in [0.4, 0.5) is 0 Å². The summed E-state index contributed by atoms with van der Waals surface area (Å²) >= 11 is 11.5. The highest BCUT2D eigenvalue weighted by Crippen LogP contribution is 2.40. The Bertz CT molecular complexity index is 264. The second-order valence-corrected chi connectivity index (χ2v) is 6.35. The standard InChI is InChI=1S/C6H10Cl2O3S/c7-5-2-1-3-6(8,4-5)12(9,10)11/h5H,1-4H2,(H,9,10,11). The molecule has 0 bridgehead atoms. The molecule has 0 amide bonds. The van der Waals surface area contributed by atoms with Gasteiger partial charge in [-0.1, -0.05) is 11.6 Å². The Labute approximate surface area is 81.8 Å². The van der Waals surface area contributed by atoms with Gasteiger partial charge in [-0.05, 0) is 25.7 Å². The van der Waals surface area contributed by atoms with Gasteiger partial charge in [-0.3, -0.25) is 4.55 Å². The van der Waals surface area contributed by atoms with Crippen molar-refractivity contribution >= 4 is 33.3 Å². The Morgan fingerprint density at radius 3 is 2.42 bits per heavy atom. The van der Waals surface area contributed by atoms with Crippen molar-refractivity contribution in [1.82, 2.24) is 0 Å². The Morgan fingerprint density at radius 1 is 1.50 bits per heavy atom. The fourth-order valence-electron chi connectivity index (χ4n) is 1.36. The number of halogens is 2. The third kappa shape index (κ3) is 2.05. The highest BCUT2D eigenvalue weighted by atomic mass is 35.5. The first kappa shape index (κ1) is 10.6. The molecule has 1 rings (SSSR count). The molecule has 0 aromatic carbocycles. The molecule has 2 unspecified atom stereocenters. The van der Waals surface area contributed by atoms with Gasteiger partial charge >= 0.3 is 0 Å². The summed E-state index contributed by atoms with van der Waals surface area (Å²) in [5.41, 5.74) is 0. The second-order valence-electron chi connectivity index (χ2n) is 3.05. The number of hydrogen-bond acceptors (Lipinski definition) is 2. The fourth-order valence-corrected chi connectivity index (χ4v) is 3.08. The van der Waals surface area contributed by atoms with Crippen LogP contribution in [0.5, 0.6) is 0 Å². The molecule has 2 atom stereocenters. The van der Waals surface area contributed by atoms with Crippen LogP contribution in [0.15, 0.2) is 0 Å². The van der Waals surface area contributed by atoms with Crippen molar-refractivity contribution in [1.29, 1.82) is 0 Å². The van der Waals surface area contributed by atoms with Gasteiger partial charge in [0.2, 0.25) is 0 Å². The van der Waals surface area contributed by atoms with Crippen molar-refractivity contribution in [3.05, 3.63) is 0 Å². The summed E-state index contributed by atoms with van der Waals surface area (Å²) in [6, 6.07) is 0. The van der Waals surface area contributed by atoms with E-state index in [1.54, 1.807) is 0 Å². The lowest BCUT2D eigenvalue weighted by Crippen LogP contribution is -2.37. The lowest BCUT2D eigenvalue weighted by atomic mass is 9.99. The molecule has 0 aliphatic heterocycles. The van der Waals surface area contributed by atoms with Crippen molar-refractivity contribution in [3.8, 4) is 0 Å². The molecule has 0 aromatic rings. The van der Waals surface area contributed by atoms with E-state index in [9.17, 15) is 8.42 Å². The van der Waals surface area contributed by atoms with Crippen LogP contribution in [0, 0.1) is 0 Å². The van der Waals surface area contributed by atoms with Crippen molar-refractivity contribution in [2.24, 2.45) is 0 Å². The SMILES string of the molecule is O=S(=O)(O)C1(Cl)CCCC(Cl)C1. The van der Waals surface area contributed by atoms with Gasteiger partial charge in [0.15, 0.2) is 4.21 Å². The van der Waals surface area contributed by atoms with E-state index in [2.05, 4.69) is 0 Å². The maximum Gasteiger partial charge on any atom is 0.284 e. The lowest BCUT2D eigenvalue weighted by molar-refractivity contribution is 0.407. The van der Waals surface area contributed by atoms with Gasteiger partial charge in [-0.15, -0.1) is 11.6 Å². The maximum atomic E-state index is 10.8. The molecule has 3 nitrogen and oxygen atoms in total. The van der Waals surface area contributed by atoms with Crippen LogP contribution in [-0.4, -0.2) is 22.6 Å². The minimum atomic E-state index is -4.18. The number of rotatable bonds is 1.